The second-order valence-electron chi connectivity index (χ2n) is 8.09. The minimum atomic E-state index is -0.169. The Morgan fingerprint density at radius 2 is 1.82 bits per heavy atom. The predicted octanol–water partition coefficient (Wildman–Crippen LogP) is 5.28. The van der Waals surface area contributed by atoms with Crippen molar-refractivity contribution in [3.63, 3.8) is 0 Å². The van der Waals surface area contributed by atoms with Gasteiger partial charge >= 0.3 is 0 Å². The van der Waals surface area contributed by atoms with Crippen LogP contribution in [0.15, 0.2) is 91.5 Å². The molecule has 1 amide bonds. The van der Waals surface area contributed by atoms with Gasteiger partial charge in [-0.25, -0.2) is 0 Å². The molecular formula is C27H20N6O. The van der Waals surface area contributed by atoms with Gasteiger partial charge in [-0.1, -0.05) is 30.3 Å². The van der Waals surface area contributed by atoms with Gasteiger partial charge < -0.3 is 10.6 Å². The highest BCUT2D eigenvalue weighted by Gasteiger charge is 2.17. The van der Waals surface area contributed by atoms with E-state index in [4.69, 9.17) is 0 Å². The molecule has 3 aromatic heterocycles. The van der Waals surface area contributed by atoms with Crippen LogP contribution in [0.5, 0.6) is 0 Å². The van der Waals surface area contributed by atoms with Crippen molar-refractivity contribution in [1.82, 2.24) is 20.2 Å². The van der Waals surface area contributed by atoms with E-state index in [9.17, 15) is 4.79 Å². The number of benzene rings is 2. The molecule has 4 heterocycles. The maximum atomic E-state index is 12.5. The Bertz CT molecular complexity index is 1550. The van der Waals surface area contributed by atoms with Gasteiger partial charge in [0.1, 0.15) is 5.69 Å². The molecule has 0 saturated heterocycles. The van der Waals surface area contributed by atoms with Gasteiger partial charge in [-0.3, -0.25) is 19.9 Å². The Morgan fingerprint density at radius 1 is 0.912 bits per heavy atom. The summed E-state index contributed by atoms with van der Waals surface area (Å²) in [6.45, 7) is 0. The van der Waals surface area contributed by atoms with Gasteiger partial charge in [-0.05, 0) is 53.9 Å². The number of rotatable bonds is 4. The van der Waals surface area contributed by atoms with Crippen molar-refractivity contribution in [2.45, 2.75) is 6.42 Å². The molecular weight excluding hydrogens is 424 g/mol. The first-order valence-corrected chi connectivity index (χ1v) is 10.9. The molecule has 1 aliphatic rings. The first-order valence-electron chi connectivity index (χ1n) is 10.9. The zero-order valence-corrected chi connectivity index (χ0v) is 18.1. The van der Waals surface area contributed by atoms with Crippen LogP contribution in [0, 0.1) is 0 Å². The maximum absolute atomic E-state index is 12.5. The summed E-state index contributed by atoms with van der Waals surface area (Å²) in [5, 5.41) is 15.1. The van der Waals surface area contributed by atoms with Crippen LogP contribution in [-0.2, 0) is 6.42 Å². The number of fused-ring (bicyclic) bond motifs is 2. The summed E-state index contributed by atoms with van der Waals surface area (Å²) in [5.74, 6) is -0.169. The third-order valence-corrected chi connectivity index (χ3v) is 5.89. The van der Waals surface area contributed by atoms with Gasteiger partial charge in [0.15, 0.2) is 0 Å². The van der Waals surface area contributed by atoms with Gasteiger partial charge in [-0.2, -0.15) is 5.10 Å². The molecule has 0 radical (unpaired) electrons. The highest BCUT2D eigenvalue weighted by atomic mass is 16.1. The van der Waals surface area contributed by atoms with Crippen molar-refractivity contribution in [3.8, 4) is 11.1 Å². The highest BCUT2D eigenvalue weighted by molar-refractivity contribution is 6.04. The number of amides is 1. The maximum Gasteiger partial charge on any atom is 0.255 e. The number of anilines is 2. The van der Waals surface area contributed by atoms with Gasteiger partial charge in [-0.15, -0.1) is 0 Å². The van der Waals surface area contributed by atoms with Crippen molar-refractivity contribution in [2.24, 2.45) is 0 Å². The van der Waals surface area contributed by atoms with Crippen LogP contribution in [0.2, 0.25) is 0 Å². The zero-order valence-electron chi connectivity index (χ0n) is 18.1. The number of hydrogen-bond acceptors (Lipinski definition) is 5. The molecule has 0 bridgehead atoms. The fraction of sp³-hybridized carbons (Fsp3) is 0.0370. The van der Waals surface area contributed by atoms with Crippen molar-refractivity contribution in [2.75, 3.05) is 10.6 Å². The average Bonchev–Trinajstić information content (AvgIpc) is 3.32. The smallest absolute Gasteiger partial charge is 0.255 e. The van der Waals surface area contributed by atoms with Gasteiger partial charge in [0.2, 0.25) is 0 Å². The van der Waals surface area contributed by atoms with Gasteiger partial charge in [0, 0.05) is 28.9 Å². The molecule has 5 aromatic rings. The topological polar surface area (TPSA) is 95.6 Å². The standard InChI is InChI=1S/C27H20N6O/c34-27(18-4-2-1-3-5-18)30-21-12-20(14-29-15-21)19-7-8-23-22(13-19)26(33-32-23)24-9-6-17-10-11-28-16-25(17)31-24/h1-5,7-16,31H,6H2,(H,30,34)(H,32,33). The van der Waals surface area contributed by atoms with Crippen molar-refractivity contribution in [1.29, 1.82) is 0 Å². The van der Waals surface area contributed by atoms with E-state index in [-0.39, 0.29) is 5.91 Å². The zero-order chi connectivity index (χ0) is 22.9. The Morgan fingerprint density at radius 3 is 2.74 bits per heavy atom. The number of carbonyl (C=O) groups is 1. The fourth-order valence-electron chi connectivity index (χ4n) is 4.14. The van der Waals surface area contributed by atoms with Crippen LogP contribution in [0.25, 0.3) is 27.7 Å². The molecule has 7 heteroatoms. The van der Waals surface area contributed by atoms with E-state index in [0.717, 1.165) is 45.5 Å². The van der Waals surface area contributed by atoms with Crippen LogP contribution >= 0.6 is 0 Å². The normalized spacial score (nSPS) is 12.5. The molecule has 0 spiro atoms. The molecule has 3 N–H and O–H groups in total. The summed E-state index contributed by atoms with van der Waals surface area (Å²) >= 11 is 0. The van der Waals surface area contributed by atoms with Crippen molar-refractivity contribution in [3.05, 3.63) is 108 Å². The molecule has 0 saturated carbocycles. The summed E-state index contributed by atoms with van der Waals surface area (Å²) in [6, 6.07) is 19.2. The summed E-state index contributed by atoms with van der Waals surface area (Å²) in [4.78, 5) is 21.1. The Labute approximate surface area is 195 Å². The molecule has 164 valence electrons. The first-order chi connectivity index (χ1) is 16.7. The van der Waals surface area contributed by atoms with Crippen LogP contribution in [-0.4, -0.2) is 26.1 Å². The van der Waals surface area contributed by atoms with Crippen LogP contribution in [0.4, 0.5) is 11.4 Å². The molecule has 34 heavy (non-hydrogen) atoms. The van der Waals surface area contributed by atoms with E-state index in [2.05, 4.69) is 42.9 Å². The van der Waals surface area contributed by atoms with Crippen molar-refractivity contribution >= 4 is 33.9 Å². The lowest BCUT2D eigenvalue weighted by atomic mass is 10.0. The third-order valence-electron chi connectivity index (χ3n) is 5.89. The third kappa shape index (κ3) is 3.69. The quantitative estimate of drug-likeness (QED) is 0.350. The lowest BCUT2D eigenvalue weighted by molar-refractivity contribution is 0.102. The lowest BCUT2D eigenvalue weighted by Crippen LogP contribution is -2.11. The molecule has 0 unspecified atom stereocenters. The minimum Gasteiger partial charge on any atom is -0.352 e. The number of pyridine rings is 2. The van der Waals surface area contributed by atoms with Crippen LogP contribution in [0.1, 0.15) is 21.6 Å². The first kappa shape index (κ1) is 19.9. The summed E-state index contributed by atoms with van der Waals surface area (Å²) in [5.41, 5.74) is 8.08. The second kappa shape index (κ2) is 8.29. The number of hydrogen-bond donors (Lipinski definition) is 3. The SMILES string of the molecule is O=C(Nc1cncc(-c2ccc3[nH]nc(C4=CCc5ccncc5N4)c3c2)c1)c1ccccc1. The molecule has 0 fully saturated rings. The number of nitrogens with one attached hydrogen (secondary N) is 3. The molecule has 7 nitrogen and oxygen atoms in total. The van der Waals surface area contributed by atoms with E-state index in [0.29, 0.717) is 11.3 Å². The number of aromatic nitrogens is 4. The molecule has 0 aliphatic carbocycles. The molecule has 2 aromatic carbocycles. The van der Waals surface area contributed by atoms with Crippen LogP contribution < -0.4 is 10.6 Å². The summed E-state index contributed by atoms with van der Waals surface area (Å²) in [6.07, 6.45) is 10.0. The van der Waals surface area contributed by atoms with Crippen LogP contribution in [0.3, 0.4) is 0 Å². The van der Waals surface area contributed by atoms with Gasteiger partial charge in [0.25, 0.3) is 5.91 Å². The summed E-state index contributed by atoms with van der Waals surface area (Å²) < 4.78 is 0. The van der Waals surface area contributed by atoms with E-state index >= 15 is 0 Å². The number of aromatic amines is 1. The van der Waals surface area contributed by atoms with E-state index in [1.807, 2.05) is 48.7 Å². The predicted molar refractivity (Wildman–Crippen MR) is 133 cm³/mol. The summed E-state index contributed by atoms with van der Waals surface area (Å²) in [7, 11) is 0. The monoisotopic (exact) mass is 444 g/mol. The largest absolute Gasteiger partial charge is 0.352 e. The van der Waals surface area contributed by atoms with Crippen molar-refractivity contribution < 1.29 is 4.79 Å². The Balaban J connectivity index is 1.31. The minimum absolute atomic E-state index is 0.169. The number of H-pyrrole nitrogens is 1. The van der Waals surface area contributed by atoms with E-state index in [1.165, 1.54) is 5.56 Å². The number of carbonyl (C=O) groups excluding carboxylic acids is 1. The van der Waals surface area contributed by atoms with E-state index < -0.39 is 0 Å². The average molecular weight is 444 g/mol. The number of nitrogens with zero attached hydrogens (tertiary/aromatic N) is 3. The second-order valence-corrected chi connectivity index (χ2v) is 8.09. The Kier molecular flexibility index (Phi) is 4.85. The number of allylic oxidation sites excluding steroid dienone is 1. The molecule has 0 atom stereocenters. The lowest BCUT2D eigenvalue weighted by Gasteiger charge is -2.17. The fourth-order valence-corrected chi connectivity index (χ4v) is 4.14. The molecule has 6 rings (SSSR count). The van der Waals surface area contributed by atoms with E-state index in [1.54, 1.807) is 30.7 Å². The molecule has 1 aliphatic heterocycles. The Hall–Kier alpha value is -4.78. The highest BCUT2D eigenvalue weighted by Crippen LogP contribution is 2.32. The van der Waals surface area contributed by atoms with Gasteiger partial charge in [0.05, 0.1) is 35.0 Å².